The van der Waals surface area contributed by atoms with Crippen LogP contribution >= 0.6 is 0 Å². The summed E-state index contributed by atoms with van der Waals surface area (Å²) in [4.78, 5) is 2.39. The van der Waals surface area contributed by atoms with Crippen LogP contribution in [-0.2, 0) is 5.41 Å². The maximum atomic E-state index is 7.38. The van der Waals surface area contributed by atoms with Crippen molar-refractivity contribution >= 4 is 17.1 Å². The normalized spacial score (nSPS) is 12.8. The summed E-state index contributed by atoms with van der Waals surface area (Å²) in [5.41, 5.74) is 19.7. The molecule has 0 fully saturated rings. The number of ether oxygens (including phenoxy) is 1. The molecule has 0 N–H and O–H groups in total. The minimum Gasteiger partial charge on any atom is -0.454 e. The van der Waals surface area contributed by atoms with Crippen LogP contribution in [0, 0.1) is 0 Å². The summed E-state index contributed by atoms with van der Waals surface area (Å²) in [6.45, 7) is 4.69. The van der Waals surface area contributed by atoms with Gasteiger partial charge < -0.3 is 9.64 Å². The molecule has 0 spiro atoms. The van der Waals surface area contributed by atoms with E-state index in [0.29, 0.717) is 0 Å². The first-order chi connectivity index (χ1) is 29.0. The lowest BCUT2D eigenvalue weighted by molar-refractivity contribution is 0.489. The fourth-order valence-electron chi connectivity index (χ4n) is 9.37. The van der Waals surface area contributed by atoms with E-state index in [-0.39, 0.29) is 5.41 Å². The Kier molecular flexibility index (Phi) is 8.20. The number of rotatable bonds is 6. The zero-order valence-corrected chi connectivity index (χ0v) is 33.1. The Hall–Kier alpha value is -7.42. The number of anilines is 3. The van der Waals surface area contributed by atoms with Crippen molar-refractivity contribution in [1.29, 1.82) is 0 Å². The molecule has 280 valence electrons. The van der Waals surface area contributed by atoms with Gasteiger partial charge in [-0.3, -0.25) is 0 Å². The lowest BCUT2D eigenvalue weighted by Gasteiger charge is -2.30. The quantitative estimate of drug-likeness (QED) is 0.168. The first-order valence-electron chi connectivity index (χ1n) is 20.4. The molecule has 2 heteroatoms. The van der Waals surface area contributed by atoms with Gasteiger partial charge in [0.2, 0.25) is 0 Å². The van der Waals surface area contributed by atoms with Gasteiger partial charge in [-0.05, 0) is 109 Å². The Morgan fingerprint density at radius 2 is 0.898 bits per heavy atom. The predicted octanol–water partition coefficient (Wildman–Crippen LogP) is 15.9. The predicted molar refractivity (Wildman–Crippen MR) is 246 cm³/mol. The van der Waals surface area contributed by atoms with E-state index in [1.165, 1.54) is 44.5 Å². The van der Waals surface area contributed by atoms with E-state index in [0.717, 1.165) is 61.9 Å². The second kappa shape index (κ2) is 13.9. The summed E-state index contributed by atoms with van der Waals surface area (Å²) in [5, 5.41) is 0. The van der Waals surface area contributed by atoms with Gasteiger partial charge in [0.25, 0.3) is 0 Å². The summed E-state index contributed by atoms with van der Waals surface area (Å²) in [7, 11) is 0. The van der Waals surface area contributed by atoms with Crippen molar-refractivity contribution in [2.24, 2.45) is 0 Å². The number of fused-ring (bicyclic) bond motifs is 8. The topological polar surface area (TPSA) is 12.5 Å². The molecular weight excluding hydrogens is 715 g/mol. The van der Waals surface area contributed by atoms with Crippen molar-refractivity contribution in [2.45, 2.75) is 19.3 Å². The molecule has 0 atom stereocenters. The summed E-state index contributed by atoms with van der Waals surface area (Å²) in [6.07, 6.45) is 0. The zero-order chi connectivity index (χ0) is 39.5. The Morgan fingerprint density at radius 1 is 0.356 bits per heavy atom. The minimum atomic E-state index is -0.156. The highest BCUT2D eigenvalue weighted by molar-refractivity contribution is 6.01. The van der Waals surface area contributed by atoms with E-state index >= 15 is 0 Å². The highest BCUT2D eigenvalue weighted by Gasteiger charge is 2.36. The third-order valence-electron chi connectivity index (χ3n) is 12.3. The fraction of sp³-hybridized carbons (Fsp3) is 0.0526. The molecule has 0 radical (unpaired) electrons. The number of benzene rings is 9. The SMILES string of the molecule is CC1(C)c2ccccc2-c2ccc(N(c3ccc(-c4ccccc4)cc3)c3cccc4c3Oc3cccc(-c5ccccc5)c3-c3cc(-c5ccccc5)ccc3-4)cc21. The van der Waals surface area contributed by atoms with Crippen LogP contribution in [-0.4, -0.2) is 0 Å². The molecule has 1 heterocycles. The van der Waals surface area contributed by atoms with Crippen LogP contribution in [0.25, 0.3) is 66.8 Å². The fourth-order valence-corrected chi connectivity index (χ4v) is 9.37. The molecular formula is C57H41NO. The van der Waals surface area contributed by atoms with Crippen LogP contribution in [0.5, 0.6) is 11.5 Å². The highest BCUT2D eigenvalue weighted by atomic mass is 16.5. The number of para-hydroxylation sites is 1. The standard InChI is InChI=1S/C57H41NO/c1-57(2)51-25-13-12-22-47(51)48-35-33-44(37-52(48)57)58(43-31-28-40(29-32-43)38-16-6-3-7-17-38)53-26-14-24-49-46-34-30-42(39-18-8-4-9-19-39)36-50(46)55-45(41-20-10-5-11-21-41)23-15-27-54(55)59-56(49)53/h3-37H,1-2H3. The average Bonchev–Trinajstić information content (AvgIpc) is 3.42. The molecule has 2 aliphatic rings. The summed E-state index contributed by atoms with van der Waals surface area (Å²) < 4.78 is 7.38. The smallest absolute Gasteiger partial charge is 0.159 e. The second-order valence-corrected chi connectivity index (χ2v) is 16.1. The van der Waals surface area contributed by atoms with Gasteiger partial charge in [0.15, 0.2) is 5.75 Å². The van der Waals surface area contributed by atoms with Gasteiger partial charge in [0.1, 0.15) is 5.75 Å². The Bertz CT molecular complexity index is 3020. The van der Waals surface area contributed by atoms with Crippen LogP contribution in [0.4, 0.5) is 17.1 Å². The molecule has 1 aliphatic carbocycles. The zero-order valence-electron chi connectivity index (χ0n) is 33.1. The van der Waals surface area contributed by atoms with Crippen molar-refractivity contribution in [3.8, 4) is 78.3 Å². The molecule has 0 saturated carbocycles. The van der Waals surface area contributed by atoms with Gasteiger partial charge in [-0.25, -0.2) is 0 Å². The van der Waals surface area contributed by atoms with Crippen molar-refractivity contribution in [3.63, 3.8) is 0 Å². The van der Waals surface area contributed by atoms with Gasteiger partial charge in [-0.15, -0.1) is 0 Å². The van der Waals surface area contributed by atoms with Crippen molar-refractivity contribution in [3.05, 3.63) is 223 Å². The van der Waals surface area contributed by atoms with Gasteiger partial charge >= 0.3 is 0 Å². The molecule has 9 aromatic carbocycles. The number of hydrogen-bond acceptors (Lipinski definition) is 2. The number of hydrogen-bond donors (Lipinski definition) is 0. The molecule has 0 amide bonds. The summed E-state index contributed by atoms with van der Waals surface area (Å²) in [6, 6.07) is 76.7. The minimum absolute atomic E-state index is 0.156. The third-order valence-corrected chi connectivity index (χ3v) is 12.3. The molecule has 0 unspecified atom stereocenters. The van der Waals surface area contributed by atoms with E-state index in [1.807, 2.05) is 0 Å². The molecule has 1 aliphatic heterocycles. The van der Waals surface area contributed by atoms with E-state index in [4.69, 9.17) is 4.74 Å². The highest BCUT2D eigenvalue weighted by Crippen LogP contribution is 2.56. The first-order valence-corrected chi connectivity index (χ1v) is 20.4. The van der Waals surface area contributed by atoms with Crippen LogP contribution in [0.2, 0.25) is 0 Å². The van der Waals surface area contributed by atoms with Crippen molar-refractivity contribution < 1.29 is 4.74 Å². The van der Waals surface area contributed by atoms with Crippen LogP contribution < -0.4 is 9.64 Å². The van der Waals surface area contributed by atoms with Crippen molar-refractivity contribution in [2.75, 3.05) is 4.90 Å². The van der Waals surface area contributed by atoms with Gasteiger partial charge in [0.05, 0.1) is 5.69 Å². The maximum Gasteiger partial charge on any atom is 0.159 e. The summed E-state index contributed by atoms with van der Waals surface area (Å²) >= 11 is 0. The van der Waals surface area contributed by atoms with Crippen LogP contribution in [0.3, 0.4) is 0 Å². The van der Waals surface area contributed by atoms with E-state index in [1.54, 1.807) is 0 Å². The van der Waals surface area contributed by atoms with Gasteiger partial charge in [0, 0.05) is 27.9 Å². The molecule has 0 saturated heterocycles. The molecule has 9 aromatic rings. The van der Waals surface area contributed by atoms with Gasteiger partial charge in [-0.1, -0.05) is 184 Å². The first kappa shape index (κ1) is 34.8. The number of nitrogens with zero attached hydrogens (tertiary/aromatic N) is 1. The molecule has 11 rings (SSSR count). The van der Waals surface area contributed by atoms with E-state index in [2.05, 4.69) is 231 Å². The van der Waals surface area contributed by atoms with Crippen LogP contribution in [0.1, 0.15) is 25.0 Å². The van der Waals surface area contributed by atoms with E-state index in [9.17, 15) is 0 Å². The molecule has 0 bridgehead atoms. The Morgan fingerprint density at radius 3 is 1.64 bits per heavy atom. The summed E-state index contributed by atoms with van der Waals surface area (Å²) in [5.74, 6) is 1.65. The molecule has 2 nitrogen and oxygen atoms in total. The molecule has 59 heavy (non-hydrogen) atoms. The average molecular weight is 756 g/mol. The largest absolute Gasteiger partial charge is 0.454 e. The third kappa shape index (κ3) is 5.79. The Balaban J connectivity index is 1.15. The van der Waals surface area contributed by atoms with Crippen LogP contribution in [0.15, 0.2) is 212 Å². The monoisotopic (exact) mass is 755 g/mol. The lowest BCUT2D eigenvalue weighted by atomic mass is 9.82. The maximum absolute atomic E-state index is 7.38. The lowest BCUT2D eigenvalue weighted by Crippen LogP contribution is -2.17. The van der Waals surface area contributed by atoms with Crippen molar-refractivity contribution in [1.82, 2.24) is 0 Å². The van der Waals surface area contributed by atoms with Gasteiger partial charge in [-0.2, -0.15) is 0 Å². The second-order valence-electron chi connectivity index (χ2n) is 16.1. The van der Waals surface area contributed by atoms with E-state index < -0.39 is 0 Å². The Labute approximate surface area is 346 Å². The molecule has 0 aromatic heterocycles.